The highest BCUT2D eigenvalue weighted by Crippen LogP contribution is 2.55. The molecule has 7 aromatic rings. The second-order valence-electron chi connectivity index (χ2n) is 13.9. The van der Waals surface area contributed by atoms with E-state index in [1.807, 2.05) is 24.3 Å². The SMILES string of the molecule is COc1ccc2cc(O)ccc2c1-c1c(OC)ccc2cc(-c3ccc4c(c3)C(C)(C)[C@@]3(CNc5c(ccc6ccccc56)O3)N4C)ccc12. The molecule has 0 unspecified atom stereocenters. The van der Waals surface area contributed by atoms with Crippen LogP contribution in [0, 0.1) is 0 Å². The molecular formula is C44H38N2O4. The molecule has 2 N–H and O–H groups in total. The quantitative estimate of drug-likeness (QED) is 0.196. The minimum absolute atomic E-state index is 0.225. The van der Waals surface area contributed by atoms with Crippen LogP contribution in [0.2, 0.25) is 0 Å². The smallest absolute Gasteiger partial charge is 0.209 e. The Morgan fingerprint density at radius 2 is 1.32 bits per heavy atom. The van der Waals surface area contributed by atoms with Crippen LogP contribution in [0.3, 0.4) is 0 Å². The maximum absolute atomic E-state index is 10.2. The van der Waals surface area contributed by atoms with E-state index < -0.39 is 5.72 Å². The van der Waals surface area contributed by atoms with Gasteiger partial charge in [0.15, 0.2) is 0 Å². The van der Waals surface area contributed by atoms with E-state index in [1.54, 1.807) is 26.4 Å². The van der Waals surface area contributed by atoms with Crippen molar-refractivity contribution in [2.75, 3.05) is 38.0 Å². The van der Waals surface area contributed by atoms with Gasteiger partial charge in [0, 0.05) is 29.2 Å². The van der Waals surface area contributed by atoms with E-state index in [4.69, 9.17) is 14.2 Å². The van der Waals surface area contributed by atoms with E-state index in [2.05, 4.69) is 110 Å². The predicted molar refractivity (Wildman–Crippen MR) is 204 cm³/mol. The van der Waals surface area contributed by atoms with E-state index >= 15 is 0 Å². The Balaban J connectivity index is 1.14. The molecule has 0 aliphatic carbocycles. The van der Waals surface area contributed by atoms with Gasteiger partial charge >= 0.3 is 0 Å². The molecule has 9 rings (SSSR count). The lowest BCUT2D eigenvalue weighted by Gasteiger charge is -2.49. The summed E-state index contributed by atoms with van der Waals surface area (Å²) in [5.41, 5.74) is 6.71. The van der Waals surface area contributed by atoms with Gasteiger partial charge < -0.3 is 29.5 Å². The highest BCUT2D eigenvalue weighted by atomic mass is 16.5. The van der Waals surface area contributed by atoms with Crippen molar-refractivity contribution in [1.29, 1.82) is 0 Å². The Morgan fingerprint density at radius 3 is 2.06 bits per heavy atom. The van der Waals surface area contributed by atoms with Crippen LogP contribution in [-0.4, -0.2) is 38.6 Å². The molecule has 0 saturated heterocycles. The number of aromatic hydroxyl groups is 1. The third kappa shape index (κ3) is 4.14. The molecule has 0 radical (unpaired) electrons. The van der Waals surface area contributed by atoms with Crippen molar-refractivity contribution in [2.45, 2.75) is 25.0 Å². The average molecular weight is 659 g/mol. The number of methoxy groups -OCH3 is 2. The standard InChI is InChI=1S/C44H38N2O4/c1-43(2)35-24-28(11-18-36(35)46(3)44(43)25-45-42-34-9-7-6-8-26(34)12-21-39(42)50-44)27-10-16-32-29(22-27)13-19-37(48-4)40(32)41-33-17-15-31(47)23-30(33)14-20-38(41)49-5/h6-24,45,47H,25H2,1-5H3/t44-/m0/s1. The number of nitrogens with zero attached hydrogens (tertiary/aromatic N) is 1. The van der Waals surface area contributed by atoms with Gasteiger partial charge in [-0.3, -0.25) is 0 Å². The van der Waals surface area contributed by atoms with E-state index in [0.717, 1.165) is 66.7 Å². The summed E-state index contributed by atoms with van der Waals surface area (Å²) in [5, 5.41) is 20.4. The number of likely N-dealkylation sites (N-methyl/N-ethyl adjacent to an activating group) is 1. The first kappa shape index (κ1) is 30.2. The summed E-state index contributed by atoms with van der Waals surface area (Å²) in [6, 6.07) is 39.6. The molecule has 0 bridgehead atoms. The Morgan fingerprint density at radius 1 is 0.680 bits per heavy atom. The van der Waals surface area contributed by atoms with Crippen molar-refractivity contribution >= 4 is 43.7 Å². The van der Waals surface area contributed by atoms with Crippen molar-refractivity contribution in [3.05, 3.63) is 121 Å². The Bertz CT molecular complexity index is 2520. The Labute approximate surface area is 291 Å². The predicted octanol–water partition coefficient (Wildman–Crippen LogP) is 10.1. The topological polar surface area (TPSA) is 63.2 Å². The van der Waals surface area contributed by atoms with Crippen LogP contribution in [0.1, 0.15) is 19.4 Å². The lowest BCUT2D eigenvalue weighted by Crippen LogP contribution is -2.64. The van der Waals surface area contributed by atoms with Crippen molar-refractivity contribution < 1.29 is 19.3 Å². The van der Waals surface area contributed by atoms with Gasteiger partial charge in [-0.05, 0) is 112 Å². The lowest BCUT2D eigenvalue weighted by molar-refractivity contribution is 0.0201. The number of anilines is 2. The van der Waals surface area contributed by atoms with Crippen molar-refractivity contribution in [3.8, 4) is 45.3 Å². The number of benzene rings is 7. The summed E-state index contributed by atoms with van der Waals surface area (Å²) in [5.74, 6) is 2.60. The third-order valence-corrected chi connectivity index (χ3v) is 11.2. The van der Waals surface area contributed by atoms with E-state index in [-0.39, 0.29) is 11.2 Å². The van der Waals surface area contributed by atoms with Crippen molar-refractivity contribution in [1.82, 2.24) is 0 Å². The highest BCUT2D eigenvalue weighted by Gasteiger charge is 2.59. The fraction of sp³-hybridized carbons (Fsp3) is 0.182. The Hall–Kier alpha value is -5.88. The fourth-order valence-corrected chi connectivity index (χ4v) is 8.46. The largest absolute Gasteiger partial charge is 0.508 e. The zero-order valence-electron chi connectivity index (χ0n) is 28.8. The van der Waals surface area contributed by atoms with Gasteiger partial charge in [-0.15, -0.1) is 0 Å². The molecule has 6 nitrogen and oxygen atoms in total. The monoisotopic (exact) mass is 658 g/mol. The summed E-state index contributed by atoms with van der Waals surface area (Å²) in [7, 11) is 5.53. The summed E-state index contributed by atoms with van der Waals surface area (Å²) in [6.45, 7) is 5.24. The molecule has 1 spiro atoms. The number of fused-ring (bicyclic) bond motifs is 6. The summed E-state index contributed by atoms with van der Waals surface area (Å²) < 4.78 is 18.9. The third-order valence-electron chi connectivity index (χ3n) is 11.2. The van der Waals surface area contributed by atoms with Gasteiger partial charge in [-0.2, -0.15) is 0 Å². The maximum atomic E-state index is 10.2. The minimum atomic E-state index is -0.605. The second-order valence-corrected chi connectivity index (χ2v) is 13.9. The van der Waals surface area contributed by atoms with E-state index in [1.165, 1.54) is 22.0 Å². The van der Waals surface area contributed by atoms with Crippen LogP contribution < -0.4 is 24.4 Å². The zero-order valence-corrected chi connectivity index (χ0v) is 28.8. The fourth-order valence-electron chi connectivity index (χ4n) is 8.46. The second kappa shape index (κ2) is 10.8. The first-order chi connectivity index (χ1) is 24.2. The number of ether oxygens (including phenoxy) is 3. The van der Waals surface area contributed by atoms with Gasteiger partial charge in [-0.25, -0.2) is 0 Å². The summed E-state index contributed by atoms with van der Waals surface area (Å²) >= 11 is 0. The van der Waals surface area contributed by atoms with E-state index in [0.29, 0.717) is 6.54 Å². The maximum Gasteiger partial charge on any atom is 0.209 e. The van der Waals surface area contributed by atoms with Crippen molar-refractivity contribution in [3.63, 3.8) is 0 Å². The average Bonchev–Trinajstić information content (AvgIpc) is 3.30. The number of hydrogen-bond donors (Lipinski definition) is 2. The van der Waals surface area contributed by atoms with E-state index in [9.17, 15) is 5.11 Å². The van der Waals surface area contributed by atoms with Crippen LogP contribution >= 0.6 is 0 Å². The zero-order chi connectivity index (χ0) is 34.4. The first-order valence-electron chi connectivity index (χ1n) is 17.0. The van der Waals surface area contributed by atoms with Gasteiger partial charge in [0.05, 0.1) is 31.9 Å². The molecule has 248 valence electrons. The normalized spacial score (nSPS) is 17.4. The molecule has 50 heavy (non-hydrogen) atoms. The number of hydrogen-bond acceptors (Lipinski definition) is 6. The van der Waals surface area contributed by atoms with Crippen molar-refractivity contribution in [2.24, 2.45) is 0 Å². The molecule has 6 heteroatoms. The van der Waals surface area contributed by atoms with Gasteiger partial charge in [0.25, 0.3) is 0 Å². The molecule has 1 atom stereocenters. The van der Waals surface area contributed by atoms with Gasteiger partial charge in [-0.1, -0.05) is 60.7 Å². The van der Waals surface area contributed by atoms with Crippen LogP contribution in [0.4, 0.5) is 11.4 Å². The first-order valence-corrected chi connectivity index (χ1v) is 17.0. The Kier molecular flexibility index (Phi) is 6.53. The molecule has 0 aromatic heterocycles. The number of phenolic OH excluding ortho intramolecular Hbond substituents is 1. The highest BCUT2D eigenvalue weighted by molar-refractivity contribution is 6.10. The molecule has 2 heterocycles. The van der Waals surface area contributed by atoms with Crippen LogP contribution in [0.25, 0.3) is 54.6 Å². The molecule has 7 aromatic carbocycles. The molecule has 0 fully saturated rings. The van der Waals surface area contributed by atoms with Crippen LogP contribution in [0.5, 0.6) is 23.0 Å². The molecule has 2 aliphatic heterocycles. The minimum Gasteiger partial charge on any atom is -0.508 e. The van der Waals surface area contributed by atoms with Crippen LogP contribution in [-0.2, 0) is 5.41 Å². The summed E-state index contributed by atoms with van der Waals surface area (Å²) in [4.78, 5) is 2.31. The lowest BCUT2D eigenvalue weighted by atomic mass is 9.76. The number of phenols is 1. The van der Waals surface area contributed by atoms with Gasteiger partial charge in [0.2, 0.25) is 5.72 Å². The number of rotatable bonds is 4. The molecule has 2 aliphatic rings. The molecule has 0 saturated carbocycles. The molecular weight excluding hydrogens is 620 g/mol. The molecule has 0 amide bonds. The number of nitrogens with one attached hydrogen (secondary N) is 1. The van der Waals surface area contributed by atoms with Gasteiger partial charge in [0.1, 0.15) is 23.0 Å². The summed E-state index contributed by atoms with van der Waals surface area (Å²) in [6.07, 6.45) is 0. The van der Waals surface area contributed by atoms with Crippen LogP contribution in [0.15, 0.2) is 115 Å².